The maximum atomic E-state index is 12.6. The number of fused-ring (bicyclic) bond motifs is 2. The molecule has 2 aromatic heterocycles. The van der Waals surface area contributed by atoms with Crippen molar-refractivity contribution in [2.45, 2.75) is 38.1 Å². The summed E-state index contributed by atoms with van der Waals surface area (Å²) < 4.78 is 0. The van der Waals surface area contributed by atoms with E-state index in [1.54, 1.807) is 18.6 Å². The first-order valence-electron chi connectivity index (χ1n) is 8.77. The minimum atomic E-state index is -0.397. The van der Waals surface area contributed by atoms with Gasteiger partial charge in [-0.05, 0) is 18.9 Å². The summed E-state index contributed by atoms with van der Waals surface area (Å²) in [6.45, 7) is 3.79. The van der Waals surface area contributed by atoms with Gasteiger partial charge < -0.3 is 14.8 Å². The van der Waals surface area contributed by atoms with Crippen LogP contribution in [0.3, 0.4) is 0 Å². The van der Waals surface area contributed by atoms with E-state index in [0.717, 1.165) is 17.8 Å². The summed E-state index contributed by atoms with van der Waals surface area (Å²) >= 11 is 0. The van der Waals surface area contributed by atoms with E-state index in [0.29, 0.717) is 44.6 Å². The second kappa shape index (κ2) is 6.02. The Morgan fingerprint density at radius 3 is 2.76 bits per heavy atom. The zero-order valence-corrected chi connectivity index (χ0v) is 14.3. The number of carbonyl (C=O) groups is 2. The number of nitrogens with one attached hydrogen (secondary N) is 2. The molecule has 25 heavy (non-hydrogen) atoms. The van der Waals surface area contributed by atoms with Crippen LogP contribution < -0.4 is 0 Å². The summed E-state index contributed by atoms with van der Waals surface area (Å²) in [5.41, 5.74) is 2.20. The van der Waals surface area contributed by atoms with Gasteiger partial charge in [-0.15, -0.1) is 0 Å². The number of piperidine rings is 1. The number of rotatable bonds is 2. The van der Waals surface area contributed by atoms with Gasteiger partial charge in [0.15, 0.2) is 0 Å². The van der Waals surface area contributed by atoms with Crippen molar-refractivity contribution in [3.63, 3.8) is 0 Å². The molecule has 1 saturated heterocycles. The van der Waals surface area contributed by atoms with Crippen LogP contribution in [-0.2, 0) is 16.8 Å². The molecule has 132 valence electrons. The van der Waals surface area contributed by atoms with Crippen LogP contribution in [0.15, 0.2) is 18.6 Å². The molecule has 2 aliphatic heterocycles. The van der Waals surface area contributed by atoms with Crippen LogP contribution in [0, 0.1) is 0 Å². The number of carbonyl (C=O) groups excluding carboxylic acids is 2. The van der Waals surface area contributed by atoms with Crippen molar-refractivity contribution >= 4 is 11.8 Å². The largest absolute Gasteiger partial charge is 0.348 e. The number of aromatic nitrogens is 4. The van der Waals surface area contributed by atoms with Gasteiger partial charge >= 0.3 is 0 Å². The molecule has 0 bridgehead atoms. The predicted molar refractivity (Wildman–Crippen MR) is 89.7 cm³/mol. The molecule has 2 amide bonds. The Labute approximate surface area is 145 Å². The second-order valence-electron chi connectivity index (χ2n) is 6.67. The van der Waals surface area contributed by atoms with Crippen LogP contribution in [0.4, 0.5) is 0 Å². The van der Waals surface area contributed by atoms with Gasteiger partial charge in [-0.3, -0.25) is 14.7 Å². The molecule has 2 aromatic rings. The molecule has 2 N–H and O–H groups in total. The first-order valence-corrected chi connectivity index (χ1v) is 8.77. The molecule has 0 aromatic carbocycles. The molecule has 4 rings (SSSR count). The third kappa shape index (κ3) is 2.43. The molecule has 0 radical (unpaired) electrons. The summed E-state index contributed by atoms with van der Waals surface area (Å²) in [7, 11) is 0. The van der Waals surface area contributed by atoms with E-state index < -0.39 is 5.54 Å². The molecule has 2 aliphatic rings. The molecule has 4 heterocycles. The quantitative estimate of drug-likeness (QED) is 0.852. The Morgan fingerprint density at radius 1 is 1.28 bits per heavy atom. The third-order valence-electron chi connectivity index (χ3n) is 5.47. The highest BCUT2D eigenvalue weighted by atomic mass is 16.2. The Bertz CT molecular complexity index is 773. The Kier molecular flexibility index (Phi) is 3.82. The zero-order valence-electron chi connectivity index (χ0n) is 14.3. The molecule has 0 unspecified atom stereocenters. The summed E-state index contributed by atoms with van der Waals surface area (Å²) in [6, 6.07) is 1.69. The molecule has 1 fully saturated rings. The van der Waals surface area contributed by atoms with Gasteiger partial charge in [-0.25, -0.2) is 4.98 Å². The van der Waals surface area contributed by atoms with E-state index in [9.17, 15) is 9.59 Å². The fourth-order valence-corrected chi connectivity index (χ4v) is 4.16. The smallest absolute Gasteiger partial charge is 0.271 e. The number of hydrogen-bond acceptors (Lipinski definition) is 4. The SMILES string of the molecule is CCC(=O)N1CCc2[nH]cnc2C12CCN(C(=O)c1ccn[nH]1)CC2. The lowest BCUT2D eigenvalue weighted by Gasteiger charge is -2.50. The van der Waals surface area contributed by atoms with E-state index in [1.807, 2.05) is 16.7 Å². The molecule has 1 spiro atoms. The summed E-state index contributed by atoms with van der Waals surface area (Å²) in [5.74, 6) is 0.112. The minimum Gasteiger partial charge on any atom is -0.348 e. The molecule has 8 heteroatoms. The Morgan fingerprint density at radius 2 is 2.08 bits per heavy atom. The normalized spacial score (nSPS) is 19.1. The fraction of sp³-hybridized carbons (Fsp3) is 0.529. The van der Waals surface area contributed by atoms with Gasteiger partial charge in [0.05, 0.1) is 17.6 Å². The monoisotopic (exact) mass is 342 g/mol. The highest BCUT2D eigenvalue weighted by molar-refractivity contribution is 5.92. The summed E-state index contributed by atoms with van der Waals surface area (Å²) in [4.78, 5) is 36.7. The lowest BCUT2D eigenvalue weighted by atomic mass is 9.78. The standard InChI is InChI=1S/C17H22N6O2/c1-2-14(24)23-8-4-12-15(19-11-18-12)17(23)5-9-22(10-6-17)16(25)13-3-7-20-21-13/h3,7,11H,2,4-6,8-10H2,1H3,(H,18,19)(H,20,21). The van der Waals surface area contributed by atoms with Crippen LogP contribution in [0.1, 0.15) is 48.1 Å². The van der Waals surface area contributed by atoms with Gasteiger partial charge in [-0.2, -0.15) is 5.10 Å². The lowest BCUT2D eigenvalue weighted by molar-refractivity contribution is -0.141. The van der Waals surface area contributed by atoms with Crippen LogP contribution >= 0.6 is 0 Å². The molecular formula is C17H22N6O2. The van der Waals surface area contributed by atoms with Crippen LogP contribution in [0.25, 0.3) is 0 Å². The van der Waals surface area contributed by atoms with E-state index in [-0.39, 0.29) is 11.8 Å². The maximum absolute atomic E-state index is 12.6. The van der Waals surface area contributed by atoms with Gasteiger partial charge in [0, 0.05) is 44.4 Å². The first-order chi connectivity index (χ1) is 12.2. The number of imidazole rings is 1. The predicted octanol–water partition coefficient (Wildman–Crippen LogP) is 1.06. The average Bonchev–Trinajstić information content (AvgIpc) is 3.33. The summed E-state index contributed by atoms with van der Waals surface area (Å²) in [6.07, 6.45) is 6.00. The topological polar surface area (TPSA) is 98.0 Å². The second-order valence-corrected chi connectivity index (χ2v) is 6.67. The number of H-pyrrole nitrogens is 2. The van der Waals surface area contributed by atoms with Crippen LogP contribution in [0.5, 0.6) is 0 Å². The zero-order chi connectivity index (χ0) is 17.4. The number of likely N-dealkylation sites (tertiary alicyclic amines) is 1. The highest BCUT2D eigenvalue weighted by Crippen LogP contribution is 2.42. The van der Waals surface area contributed by atoms with Crippen LogP contribution in [-0.4, -0.2) is 61.4 Å². The Balaban J connectivity index is 1.60. The number of amides is 2. The Hall–Kier alpha value is -2.64. The van der Waals surface area contributed by atoms with E-state index in [4.69, 9.17) is 0 Å². The molecule has 0 aliphatic carbocycles. The minimum absolute atomic E-state index is 0.0428. The van der Waals surface area contributed by atoms with Crippen molar-refractivity contribution in [1.82, 2.24) is 30.0 Å². The van der Waals surface area contributed by atoms with Gasteiger partial charge in [0.1, 0.15) is 5.69 Å². The van der Waals surface area contributed by atoms with E-state index in [1.165, 1.54) is 0 Å². The lowest BCUT2D eigenvalue weighted by Crippen LogP contribution is -2.58. The van der Waals surface area contributed by atoms with Crippen molar-refractivity contribution in [3.8, 4) is 0 Å². The third-order valence-corrected chi connectivity index (χ3v) is 5.47. The van der Waals surface area contributed by atoms with E-state index in [2.05, 4.69) is 20.2 Å². The van der Waals surface area contributed by atoms with Crippen molar-refractivity contribution in [2.24, 2.45) is 0 Å². The maximum Gasteiger partial charge on any atom is 0.271 e. The summed E-state index contributed by atoms with van der Waals surface area (Å²) in [5, 5.41) is 6.58. The van der Waals surface area contributed by atoms with Crippen molar-refractivity contribution in [1.29, 1.82) is 0 Å². The van der Waals surface area contributed by atoms with E-state index >= 15 is 0 Å². The average molecular weight is 342 g/mol. The van der Waals surface area contributed by atoms with Crippen LogP contribution in [0.2, 0.25) is 0 Å². The number of hydrogen-bond donors (Lipinski definition) is 2. The van der Waals surface area contributed by atoms with Gasteiger partial charge in [0.25, 0.3) is 5.91 Å². The molecule has 8 nitrogen and oxygen atoms in total. The molecule has 0 atom stereocenters. The van der Waals surface area contributed by atoms with Crippen molar-refractivity contribution in [3.05, 3.63) is 35.7 Å². The highest BCUT2D eigenvalue weighted by Gasteiger charge is 2.48. The molecule has 0 saturated carbocycles. The van der Waals surface area contributed by atoms with Gasteiger partial charge in [-0.1, -0.05) is 6.92 Å². The van der Waals surface area contributed by atoms with Crippen molar-refractivity contribution < 1.29 is 9.59 Å². The molecular weight excluding hydrogens is 320 g/mol. The number of aromatic amines is 2. The number of nitrogens with zero attached hydrogens (tertiary/aromatic N) is 4. The van der Waals surface area contributed by atoms with Gasteiger partial charge in [0.2, 0.25) is 5.91 Å². The fourth-order valence-electron chi connectivity index (χ4n) is 4.16. The van der Waals surface area contributed by atoms with Crippen molar-refractivity contribution in [2.75, 3.05) is 19.6 Å². The first kappa shape index (κ1) is 15.9.